The molecule has 4 nitrogen and oxygen atoms in total. The molecule has 0 heterocycles. The summed E-state index contributed by atoms with van der Waals surface area (Å²) in [6.07, 6.45) is -10.2. The zero-order chi connectivity index (χ0) is 15.1. The maximum absolute atomic E-state index is 12.4. The van der Waals surface area contributed by atoms with Crippen molar-refractivity contribution in [3.05, 3.63) is 29.3 Å². The highest BCUT2D eigenvalue weighted by molar-refractivity contribution is 7.84. The Bertz CT molecular complexity index is 545. The lowest BCUT2D eigenvalue weighted by atomic mass is 10.1. The second-order valence-corrected chi connectivity index (χ2v) is 4.47. The van der Waals surface area contributed by atoms with Crippen LogP contribution in [0, 0.1) is 0 Å². The van der Waals surface area contributed by atoms with Gasteiger partial charge >= 0.3 is 22.7 Å². The fourth-order valence-electron chi connectivity index (χ4n) is 1.11. The van der Waals surface area contributed by atoms with Crippen LogP contribution in [0.1, 0.15) is 11.1 Å². The molecule has 0 saturated heterocycles. The van der Waals surface area contributed by atoms with Crippen LogP contribution in [0.3, 0.4) is 0 Å². The van der Waals surface area contributed by atoms with Gasteiger partial charge in [0, 0.05) is 0 Å². The first-order valence-corrected chi connectivity index (χ1v) is 5.78. The summed E-state index contributed by atoms with van der Waals surface area (Å²) in [6, 6.07) is 0.0231. The SMILES string of the molecule is NS(=O)(=O)Oc1cc(C(F)(F)F)cc(C(F)(F)F)c1. The third-order valence-electron chi connectivity index (χ3n) is 1.77. The van der Waals surface area contributed by atoms with Crippen molar-refractivity contribution in [2.75, 3.05) is 0 Å². The van der Waals surface area contributed by atoms with Crippen molar-refractivity contribution in [3.63, 3.8) is 0 Å². The van der Waals surface area contributed by atoms with Crippen molar-refractivity contribution in [3.8, 4) is 5.75 Å². The Kier molecular flexibility index (Phi) is 3.74. The molecular formula is C8H5F6NO3S. The van der Waals surface area contributed by atoms with E-state index in [0.717, 1.165) is 0 Å². The molecule has 0 amide bonds. The maximum atomic E-state index is 12.4. The van der Waals surface area contributed by atoms with Crippen LogP contribution in [0.2, 0.25) is 0 Å². The average molecular weight is 309 g/mol. The van der Waals surface area contributed by atoms with Crippen LogP contribution in [0.4, 0.5) is 26.3 Å². The van der Waals surface area contributed by atoms with Crippen LogP contribution in [-0.2, 0) is 22.7 Å². The highest BCUT2D eigenvalue weighted by Gasteiger charge is 2.37. The van der Waals surface area contributed by atoms with Gasteiger partial charge in [-0.25, -0.2) is 0 Å². The third-order valence-corrected chi connectivity index (χ3v) is 2.20. The van der Waals surface area contributed by atoms with Crippen LogP contribution in [-0.4, -0.2) is 8.42 Å². The van der Waals surface area contributed by atoms with E-state index in [1.54, 1.807) is 0 Å². The molecule has 0 bridgehead atoms. The summed E-state index contributed by atoms with van der Waals surface area (Å²) in [5.41, 5.74) is -3.41. The molecule has 0 saturated carbocycles. The predicted octanol–water partition coefficient (Wildman–Crippen LogP) is 2.31. The number of halogens is 6. The van der Waals surface area contributed by atoms with E-state index >= 15 is 0 Å². The first kappa shape index (κ1) is 15.6. The molecule has 1 aromatic carbocycles. The van der Waals surface area contributed by atoms with Crippen molar-refractivity contribution < 1.29 is 38.9 Å². The van der Waals surface area contributed by atoms with Gasteiger partial charge in [0.1, 0.15) is 5.75 Å². The smallest absolute Gasteiger partial charge is 0.371 e. The lowest BCUT2D eigenvalue weighted by Crippen LogP contribution is -2.20. The minimum Gasteiger partial charge on any atom is -0.371 e. The molecule has 1 rings (SSSR count). The molecule has 1 aromatic rings. The summed E-state index contributed by atoms with van der Waals surface area (Å²) < 4.78 is 99.0. The molecule has 2 N–H and O–H groups in total. The Morgan fingerprint density at radius 1 is 0.895 bits per heavy atom. The van der Waals surface area contributed by atoms with E-state index in [-0.39, 0.29) is 18.2 Å². The summed E-state index contributed by atoms with van der Waals surface area (Å²) in [5.74, 6) is -1.18. The van der Waals surface area contributed by atoms with Gasteiger partial charge in [0.15, 0.2) is 0 Å². The summed E-state index contributed by atoms with van der Waals surface area (Å²) in [5, 5.41) is 4.37. The van der Waals surface area contributed by atoms with Gasteiger partial charge in [-0.3, -0.25) is 0 Å². The number of nitrogens with two attached hydrogens (primary N) is 1. The Balaban J connectivity index is 3.41. The highest BCUT2D eigenvalue weighted by atomic mass is 32.2. The van der Waals surface area contributed by atoms with E-state index in [1.165, 1.54) is 0 Å². The van der Waals surface area contributed by atoms with Crippen molar-refractivity contribution in [1.82, 2.24) is 0 Å². The molecule has 108 valence electrons. The number of benzene rings is 1. The highest BCUT2D eigenvalue weighted by Crippen LogP contribution is 2.38. The lowest BCUT2D eigenvalue weighted by Gasteiger charge is -2.13. The molecule has 19 heavy (non-hydrogen) atoms. The van der Waals surface area contributed by atoms with Gasteiger partial charge in [0.2, 0.25) is 0 Å². The summed E-state index contributed by atoms with van der Waals surface area (Å²) in [7, 11) is -4.74. The first-order valence-electron chi connectivity index (χ1n) is 4.31. The monoisotopic (exact) mass is 309 g/mol. The second-order valence-electron chi connectivity index (χ2n) is 3.32. The molecular weight excluding hydrogens is 304 g/mol. The molecule has 0 spiro atoms. The van der Waals surface area contributed by atoms with Crippen LogP contribution in [0.15, 0.2) is 18.2 Å². The van der Waals surface area contributed by atoms with Crippen molar-refractivity contribution in [1.29, 1.82) is 0 Å². The van der Waals surface area contributed by atoms with E-state index in [2.05, 4.69) is 9.32 Å². The van der Waals surface area contributed by atoms with Gasteiger partial charge in [0.25, 0.3) is 0 Å². The van der Waals surface area contributed by atoms with E-state index < -0.39 is 39.5 Å². The Hall–Kier alpha value is -1.49. The molecule has 11 heteroatoms. The van der Waals surface area contributed by atoms with Crippen molar-refractivity contribution >= 4 is 10.3 Å². The van der Waals surface area contributed by atoms with Gasteiger partial charge in [-0.15, -0.1) is 0 Å². The summed E-state index contributed by atoms with van der Waals surface area (Å²) in [6.45, 7) is 0. The van der Waals surface area contributed by atoms with Crippen LogP contribution >= 0.6 is 0 Å². The molecule has 0 radical (unpaired) electrons. The van der Waals surface area contributed by atoms with Crippen LogP contribution in [0.25, 0.3) is 0 Å². The van der Waals surface area contributed by atoms with Crippen molar-refractivity contribution in [2.24, 2.45) is 5.14 Å². The fraction of sp³-hybridized carbons (Fsp3) is 0.250. The quantitative estimate of drug-likeness (QED) is 0.852. The Labute approximate surface area is 103 Å². The number of hydrogen-bond donors (Lipinski definition) is 1. The molecule has 0 atom stereocenters. The second kappa shape index (κ2) is 4.56. The van der Waals surface area contributed by atoms with Crippen LogP contribution in [0.5, 0.6) is 5.75 Å². The van der Waals surface area contributed by atoms with Gasteiger partial charge in [-0.2, -0.15) is 39.9 Å². The fourth-order valence-corrected chi connectivity index (χ4v) is 1.47. The standard InChI is InChI=1S/C8H5F6NO3S/c9-7(10,11)4-1-5(8(12,13)14)3-6(2-4)18-19(15,16)17/h1-3H,(H2,15,16,17). The molecule has 0 aliphatic rings. The number of rotatable bonds is 2. The maximum Gasteiger partial charge on any atom is 0.416 e. The molecule has 0 unspecified atom stereocenters. The van der Waals surface area contributed by atoms with Gasteiger partial charge in [-0.1, -0.05) is 0 Å². The Morgan fingerprint density at radius 3 is 1.53 bits per heavy atom. The van der Waals surface area contributed by atoms with E-state index in [4.69, 9.17) is 0 Å². The van der Waals surface area contributed by atoms with Crippen LogP contribution < -0.4 is 9.32 Å². The predicted molar refractivity (Wildman–Crippen MR) is 50.2 cm³/mol. The Morgan fingerprint density at radius 2 is 1.26 bits per heavy atom. The first-order chi connectivity index (χ1) is 8.29. The average Bonchev–Trinajstić information content (AvgIpc) is 2.11. The minimum absolute atomic E-state index is 0.0969. The molecule has 0 aliphatic heterocycles. The van der Waals surface area contributed by atoms with Gasteiger partial charge in [0.05, 0.1) is 11.1 Å². The van der Waals surface area contributed by atoms with Gasteiger partial charge < -0.3 is 4.18 Å². The summed E-state index contributed by atoms with van der Waals surface area (Å²) in [4.78, 5) is 0. The molecule has 0 fully saturated rings. The van der Waals surface area contributed by atoms with E-state index in [0.29, 0.717) is 0 Å². The van der Waals surface area contributed by atoms with E-state index in [1.807, 2.05) is 0 Å². The van der Waals surface area contributed by atoms with Crippen molar-refractivity contribution in [2.45, 2.75) is 12.4 Å². The molecule has 0 aromatic heterocycles. The van der Waals surface area contributed by atoms with Gasteiger partial charge in [-0.05, 0) is 18.2 Å². The zero-order valence-electron chi connectivity index (χ0n) is 8.71. The normalized spacial score (nSPS) is 13.4. The minimum atomic E-state index is -5.10. The zero-order valence-corrected chi connectivity index (χ0v) is 9.53. The third kappa shape index (κ3) is 4.59. The molecule has 0 aliphatic carbocycles. The van der Waals surface area contributed by atoms with E-state index in [9.17, 15) is 34.8 Å². The number of hydrogen-bond acceptors (Lipinski definition) is 3. The lowest BCUT2D eigenvalue weighted by molar-refractivity contribution is -0.143. The topological polar surface area (TPSA) is 69.4 Å². The summed E-state index contributed by atoms with van der Waals surface area (Å²) >= 11 is 0. The number of alkyl halides is 6. The largest absolute Gasteiger partial charge is 0.416 e.